The Balaban J connectivity index is 1.52. The summed E-state index contributed by atoms with van der Waals surface area (Å²) in [7, 11) is 3.74. The Hall–Kier alpha value is -3.25. The first-order valence-electron chi connectivity index (χ1n) is 13.7. The van der Waals surface area contributed by atoms with E-state index in [9.17, 15) is 9.50 Å². The zero-order valence-electron chi connectivity index (χ0n) is 23.2. The summed E-state index contributed by atoms with van der Waals surface area (Å²) >= 11 is 0. The number of aryl methyl sites for hydroxylation is 1. The van der Waals surface area contributed by atoms with Gasteiger partial charge < -0.3 is 24.4 Å². The number of aromatic hydroxyl groups is 1. The van der Waals surface area contributed by atoms with Gasteiger partial charge in [-0.25, -0.2) is 4.39 Å². The molecule has 204 valence electrons. The Labute approximate surface area is 226 Å². The molecule has 0 saturated carbocycles. The second kappa shape index (κ2) is 13.0. The molecule has 6 heteroatoms. The number of nitrogens with zero attached hydrogens (tertiary/aromatic N) is 2. The van der Waals surface area contributed by atoms with Crippen molar-refractivity contribution in [3.8, 4) is 17.2 Å². The van der Waals surface area contributed by atoms with Crippen molar-refractivity contribution < 1.29 is 19.0 Å². The number of hydrogen-bond acceptors (Lipinski definition) is 5. The van der Waals surface area contributed by atoms with Crippen molar-refractivity contribution in [3.05, 3.63) is 82.7 Å². The van der Waals surface area contributed by atoms with Gasteiger partial charge in [0.15, 0.2) is 11.6 Å². The average Bonchev–Trinajstić information content (AvgIpc) is 2.92. The van der Waals surface area contributed by atoms with Crippen LogP contribution in [0.5, 0.6) is 17.2 Å². The fourth-order valence-corrected chi connectivity index (χ4v) is 5.43. The van der Waals surface area contributed by atoms with Gasteiger partial charge >= 0.3 is 0 Å². The highest BCUT2D eigenvalue weighted by Crippen LogP contribution is 2.40. The minimum atomic E-state index is -0.324. The molecule has 1 aliphatic rings. The van der Waals surface area contributed by atoms with Gasteiger partial charge in [-0.2, -0.15) is 0 Å². The summed E-state index contributed by atoms with van der Waals surface area (Å²) in [6, 6.07) is 17.3. The van der Waals surface area contributed by atoms with E-state index in [1.54, 1.807) is 25.3 Å². The van der Waals surface area contributed by atoms with Crippen LogP contribution in [-0.2, 0) is 19.4 Å². The van der Waals surface area contributed by atoms with Gasteiger partial charge in [-0.05, 0) is 105 Å². The van der Waals surface area contributed by atoms with E-state index >= 15 is 0 Å². The normalized spacial score (nSPS) is 14.8. The van der Waals surface area contributed by atoms with Crippen molar-refractivity contribution in [2.45, 2.75) is 52.0 Å². The zero-order chi connectivity index (χ0) is 27.1. The van der Waals surface area contributed by atoms with Crippen LogP contribution >= 0.6 is 0 Å². The zero-order valence-corrected chi connectivity index (χ0v) is 23.2. The first-order chi connectivity index (χ1) is 18.4. The molecule has 0 radical (unpaired) electrons. The molecule has 3 aromatic rings. The maximum absolute atomic E-state index is 14.9. The minimum absolute atomic E-state index is 0.302. The summed E-state index contributed by atoms with van der Waals surface area (Å²) in [4.78, 5) is 4.48. The van der Waals surface area contributed by atoms with E-state index in [0.717, 1.165) is 62.3 Å². The molecule has 1 N–H and O–H groups in total. The number of rotatable bonds is 12. The number of phenols is 1. The lowest BCUT2D eigenvalue weighted by atomic mass is 9.79. The van der Waals surface area contributed by atoms with E-state index in [-0.39, 0.29) is 5.82 Å². The molecule has 1 atom stereocenters. The summed E-state index contributed by atoms with van der Waals surface area (Å²) in [6.45, 7) is 7.87. The Kier molecular flexibility index (Phi) is 9.51. The molecule has 0 aliphatic heterocycles. The maximum atomic E-state index is 14.9. The first-order valence-corrected chi connectivity index (χ1v) is 13.7. The molecular formula is C32H41FN2O3. The van der Waals surface area contributed by atoms with E-state index in [1.807, 2.05) is 24.3 Å². The number of hydrogen-bond donors (Lipinski definition) is 1. The lowest BCUT2D eigenvalue weighted by Gasteiger charge is -2.32. The molecule has 0 fully saturated rings. The molecule has 38 heavy (non-hydrogen) atoms. The molecule has 0 heterocycles. The third kappa shape index (κ3) is 6.79. The maximum Gasteiger partial charge on any atom is 0.165 e. The molecule has 4 rings (SSSR count). The monoisotopic (exact) mass is 520 g/mol. The van der Waals surface area contributed by atoms with E-state index < -0.39 is 0 Å². The van der Waals surface area contributed by atoms with Gasteiger partial charge in [0, 0.05) is 31.4 Å². The van der Waals surface area contributed by atoms with E-state index in [4.69, 9.17) is 9.47 Å². The third-order valence-electron chi connectivity index (χ3n) is 7.52. The fraction of sp³-hybridized carbons (Fsp3) is 0.438. The number of ether oxygens (including phenoxy) is 2. The number of fused-ring (bicyclic) bond motifs is 1. The lowest BCUT2D eigenvalue weighted by molar-refractivity contribution is 0.231. The quantitative estimate of drug-likeness (QED) is 0.293. The van der Waals surface area contributed by atoms with Crippen LogP contribution in [0.25, 0.3) is 0 Å². The van der Waals surface area contributed by atoms with Crippen LogP contribution in [0.2, 0.25) is 0 Å². The molecule has 3 aromatic carbocycles. The molecule has 0 amide bonds. The van der Waals surface area contributed by atoms with Crippen molar-refractivity contribution in [1.29, 1.82) is 0 Å². The summed E-state index contributed by atoms with van der Waals surface area (Å²) < 4.78 is 26.3. The molecule has 0 spiro atoms. The molecule has 0 aromatic heterocycles. The molecule has 1 unspecified atom stereocenters. The van der Waals surface area contributed by atoms with Gasteiger partial charge in [0.25, 0.3) is 0 Å². The van der Waals surface area contributed by atoms with Gasteiger partial charge in [-0.3, -0.25) is 0 Å². The smallest absolute Gasteiger partial charge is 0.165 e. The van der Waals surface area contributed by atoms with Crippen LogP contribution in [0.15, 0.2) is 54.6 Å². The second-order valence-electron chi connectivity index (χ2n) is 10.2. The van der Waals surface area contributed by atoms with Gasteiger partial charge in [-0.15, -0.1) is 0 Å². The highest BCUT2D eigenvalue weighted by atomic mass is 19.1. The van der Waals surface area contributed by atoms with Crippen LogP contribution in [0.1, 0.15) is 54.9 Å². The van der Waals surface area contributed by atoms with E-state index in [0.29, 0.717) is 30.6 Å². The summed E-state index contributed by atoms with van der Waals surface area (Å²) in [6.07, 6.45) is 3.97. The number of phenolic OH excluding ortho intramolecular Hbond substituents is 1. The molecular weight excluding hydrogens is 479 g/mol. The van der Waals surface area contributed by atoms with Crippen LogP contribution in [0.4, 0.5) is 10.1 Å². The summed E-state index contributed by atoms with van der Waals surface area (Å²) in [5, 5.41) is 9.88. The number of likely N-dealkylation sites (N-methyl/N-ethyl adjacent to an activating group) is 1. The van der Waals surface area contributed by atoms with Crippen LogP contribution in [-0.4, -0.2) is 50.4 Å². The second-order valence-corrected chi connectivity index (χ2v) is 10.2. The van der Waals surface area contributed by atoms with Gasteiger partial charge in [0.2, 0.25) is 0 Å². The Bertz CT molecular complexity index is 1220. The predicted molar refractivity (Wildman–Crippen MR) is 152 cm³/mol. The highest BCUT2D eigenvalue weighted by molar-refractivity contribution is 5.60. The first kappa shape index (κ1) is 27.8. The molecule has 1 aliphatic carbocycles. The molecule has 0 saturated heterocycles. The number of halogens is 1. The van der Waals surface area contributed by atoms with Gasteiger partial charge in [-0.1, -0.05) is 25.1 Å². The third-order valence-corrected chi connectivity index (χ3v) is 7.52. The van der Waals surface area contributed by atoms with E-state index in [1.165, 1.54) is 16.7 Å². The van der Waals surface area contributed by atoms with E-state index in [2.05, 4.69) is 42.8 Å². The summed E-state index contributed by atoms with van der Waals surface area (Å²) in [5.41, 5.74) is 5.83. The largest absolute Gasteiger partial charge is 0.508 e. The Morgan fingerprint density at radius 1 is 1.00 bits per heavy atom. The van der Waals surface area contributed by atoms with Gasteiger partial charge in [0.05, 0.1) is 7.11 Å². The minimum Gasteiger partial charge on any atom is -0.508 e. The van der Waals surface area contributed by atoms with Gasteiger partial charge in [0.1, 0.15) is 18.1 Å². The van der Waals surface area contributed by atoms with Crippen LogP contribution in [0.3, 0.4) is 0 Å². The molecule has 5 nitrogen and oxygen atoms in total. The van der Waals surface area contributed by atoms with Crippen molar-refractivity contribution >= 4 is 5.69 Å². The topological polar surface area (TPSA) is 45.2 Å². The van der Waals surface area contributed by atoms with Crippen molar-refractivity contribution in [3.63, 3.8) is 0 Å². The van der Waals surface area contributed by atoms with Crippen molar-refractivity contribution in [1.82, 2.24) is 4.90 Å². The van der Waals surface area contributed by atoms with Crippen molar-refractivity contribution in [2.75, 3.05) is 45.3 Å². The Morgan fingerprint density at radius 3 is 2.58 bits per heavy atom. The van der Waals surface area contributed by atoms with Crippen LogP contribution in [0, 0.1) is 5.82 Å². The molecule has 0 bridgehead atoms. The van der Waals surface area contributed by atoms with Crippen molar-refractivity contribution in [2.24, 2.45) is 0 Å². The number of anilines is 1. The predicted octanol–water partition coefficient (Wildman–Crippen LogP) is 6.56. The standard InChI is InChI=1S/C32H41FN2O3/c1-5-15-34(3)16-17-38-32-14-7-23(18-30(32)33)22-35(6-2)31-21-28(37-4)12-13-29(31)26-9-8-25-20-27(36)11-10-24(25)19-26/h7,10-14,18,20-21,26,36H,5-6,8-9,15-17,19,22H2,1-4H3. The lowest BCUT2D eigenvalue weighted by Crippen LogP contribution is -2.25. The Morgan fingerprint density at radius 2 is 1.84 bits per heavy atom. The highest BCUT2D eigenvalue weighted by Gasteiger charge is 2.25. The number of benzene rings is 3. The average molecular weight is 521 g/mol. The fourth-order valence-electron chi connectivity index (χ4n) is 5.43. The SMILES string of the molecule is CCCN(C)CCOc1ccc(CN(CC)c2cc(OC)ccc2C2CCc3cc(O)ccc3C2)cc1F. The summed E-state index contributed by atoms with van der Waals surface area (Å²) in [5.74, 6) is 1.48. The van der Waals surface area contributed by atoms with Crippen LogP contribution < -0.4 is 14.4 Å². The number of methoxy groups -OCH3 is 1.